The van der Waals surface area contributed by atoms with Crippen LogP contribution in [0.2, 0.25) is 5.02 Å². The molecule has 0 radical (unpaired) electrons. The van der Waals surface area contributed by atoms with Crippen LogP contribution in [0.1, 0.15) is 24.8 Å². The molecule has 1 N–H and O–H groups in total. The van der Waals surface area contributed by atoms with Crippen molar-refractivity contribution in [2.75, 3.05) is 19.0 Å². The third-order valence-electron chi connectivity index (χ3n) is 9.08. The average molecular weight is 695 g/mol. The minimum atomic E-state index is -4.11. The number of fused-ring (bicyclic) bond motifs is 4. The third kappa shape index (κ3) is 5.35. The first kappa shape index (κ1) is 32.0. The number of halogens is 2. The highest BCUT2D eigenvalue weighted by Crippen LogP contribution is 2.42. The van der Waals surface area contributed by atoms with Crippen LogP contribution in [-0.2, 0) is 28.6 Å². The molecule has 7 rings (SSSR count). The zero-order chi connectivity index (χ0) is 33.9. The van der Waals surface area contributed by atoms with Crippen LogP contribution in [0.15, 0.2) is 66.0 Å². The number of ether oxygens (including phenoxy) is 1. The van der Waals surface area contributed by atoms with Crippen molar-refractivity contribution in [2.24, 2.45) is 7.05 Å². The number of aromatic nitrogens is 5. The normalized spacial score (nSPS) is 20.9. The molecule has 16 heteroatoms. The highest BCUT2D eigenvalue weighted by Gasteiger charge is 2.49. The average Bonchev–Trinajstić information content (AvgIpc) is 3.63. The lowest BCUT2D eigenvalue weighted by molar-refractivity contribution is 0.117. The fourth-order valence-corrected chi connectivity index (χ4v) is 7.93. The number of nitrogens with zero attached hydrogens (tertiary/aromatic N) is 7. The van der Waals surface area contributed by atoms with Crippen LogP contribution in [0.4, 0.5) is 15.0 Å². The number of alkyl carbamates (subject to hydrolysis) is 1. The number of hydrogen-bond donors (Lipinski definition) is 1. The van der Waals surface area contributed by atoms with E-state index in [0.29, 0.717) is 41.7 Å². The molecule has 4 atom stereocenters. The maximum Gasteiger partial charge on any atom is 0.407 e. The number of rotatable bonds is 7. The molecule has 2 aromatic carbocycles. The van der Waals surface area contributed by atoms with Gasteiger partial charge in [0, 0.05) is 44.5 Å². The molecule has 48 heavy (non-hydrogen) atoms. The van der Waals surface area contributed by atoms with E-state index in [-0.39, 0.29) is 39.8 Å². The zero-order valence-corrected chi connectivity index (χ0v) is 27.8. The van der Waals surface area contributed by atoms with Crippen LogP contribution in [-0.4, -0.2) is 80.7 Å². The second-order valence-electron chi connectivity index (χ2n) is 12.2. The number of anilines is 1. The predicted octanol–water partition coefficient (Wildman–Crippen LogP) is 4.03. The van der Waals surface area contributed by atoms with Gasteiger partial charge in [0.05, 0.1) is 40.5 Å². The molecule has 2 fully saturated rings. The molecule has 250 valence electrons. The van der Waals surface area contributed by atoms with Crippen LogP contribution < -0.4 is 15.8 Å². The number of piperidine rings is 1. The summed E-state index contributed by atoms with van der Waals surface area (Å²) in [6.45, 7) is 0.0698. The van der Waals surface area contributed by atoms with Gasteiger partial charge in [-0.2, -0.15) is 12.7 Å². The van der Waals surface area contributed by atoms with Crippen LogP contribution >= 0.6 is 11.6 Å². The predicted molar refractivity (Wildman–Crippen MR) is 179 cm³/mol. The van der Waals surface area contributed by atoms with Crippen molar-refractivity contribution in [2.45, 2.75) is 50.2 Å². The standard InChI is InChI=1S/C32H32ClFN8O5S/c1-39(2)48(45,46)41-15-21(20-10-11-22-26(27(20)33)31(43)40(3)17-36-22)29-30(41)38-25(14-35-29)42-19-9-12-24(42)28(34)23(13-19)37-32(44)47-16-18-7-5-4-6-8-18/h4-8,10-11,14-15,17,19,23-24,28H,9,12-13,16H2,1-3H3,(H,37,44)/t19-,23+,24+,28+/m1/s1. The van der Waals surface area contributed by atoms with E-state index in [2.05, 4.69) is 15.3 Å². The molecule has 2 aliphatic rings. The lowest BCUT2D eigenvalue weighted by Gasteiger charge is -2.41. The number of carbonyl (C=O) groups excluding carboxylic acids is 1. The van der Waals surface area contributed by atoms with E-state index < -0.39 is 34.6 Å². The Morgan fingerprint density at radius 2 is 1.90 bits per heavy atom. The minimum Gasteiger partial charge on any atom is -0.445 e. The van der Waals surface area contributed by atoms with Crippen LogP contribution in [0.3, 0.4) is 0 Å². The summed E-state index contributed by atoms with van der Waals surface area (Å²) in [5.74, 6) is 0.310. The molecular formula is C32H32ClFN8O5S. The summed E-state index contributed by atoms with van der Waals surface area (Å²) in [5, 5.41) is 2.99. The summed E-state index contributed by atoms with van der Waals surface area (Å²) in [7, 11) is 0.247. The molecule has 0 unspecified atom stereocenters. The lowest BCUT2D eigenvalue weighted by Crippen LogP contribution is -2.58. The summed E-state index contributed by atoms with van der Waals surface area (Å²) < 4.78 is 51.8. The van der Waals surface area contributed by atoms with E-state index in [1.54, 1.807) is 19.2 Å². The molecule has 2 bridgehead atoms. The summed E-state index contributed by atoms with van der Waals surface area (Å²) in [4.78, 5) is 41.1. The van der Waals surface area contributed by atoms with E-state index in [1.807, 2.05) is 35.2 Å². The first-order chi connectivity index (χ1) is 23.0. The Morgan fingerprint density at radius 1 is 1.12 bits per heavy atom. The number of hydrogen-bond acceptors (Lipinski definition) is 9. The number of carbonyl (C=O) groups is 1. The number of amides is 1. The van der Waals surface area contributed by atoms with Gasteiger partial charge in [0.15, 0.2) is 5.65 Å². The van der Waals surface area contributed by atoms with Crippen molar-refractivity contribution in [1.82, 2.24) is 33.1 Å². The SMILES string of the molecule is CN(C)S(=O)(=O)n1cc(-c2ccc3ncn(C)c(=O)c3c2Cl)c2ncc(N3[C@@H]4CC[C@H]3[C@@H](F)[C@@H](NC(=O)OCc3ccccc3)C4)nc21. The topological polar surface area (TPSA) is 145 Å². The summed E-state index contributed by atoms with van der Waals surface area (Å²) in [5.41, 5.74) is 1.83. The maximum atomic E-state index is 16.0. The number of aryl methyl sites for hydroxylation is 1. The first-order valence-electron chi connectivity index (χ1n) is 15.3. The summed E-state index contributed by atoms with van der Waals surface area (Å²) in [6, 6.07) is 10.9. The molecule has 0 spiro atoms. The van der Waals surface area contributed by atoms with Gasteiger partial charge in [-0.25, -0.2) is 28.1 Å². The second kappa shape index (κ2) is 12.1. The molecule has 2 aliphatic heterocycles. The van der Waals surface area contributed by atoms with E-state index in [0.717, 1.165) is 13.8 Å². The van der Waals surface area contributed by atoms with Crippen molar-refractivity contribution in [3.63, 3.8) is 0 Å². The number of nitrogens with one attached hydrogen (secondary N) is 1. The second-order valence-corrected chi connectivity index (χ2v) is 14.6. The largest absolute Gasteiger partial charge is 0.445 e. The Morgan fingerprint density at radius 3 is 2.65 bits per heavy atom. The minimum absolute atomic E-state index is 0.0194. The van der Waals surface area contributed by atoms with Gasteiger partial charge in [0.2, 0.25) is 0 Å². The Labute approximate surface area is 280 Å². The van der Waals surface area contributed by atoms with Crippen LogP contribution in [0, 0.1) is 0 Å². The maximum absolute atomic E-state index is 16.0. The van der Waals surface area contributed by atoms with Crippen molar-refractivity contribution in [3.05, 3.63) is 82.1 Å². The van der Waals surface area contributed by atoms with E-state index in [9.17, 15) is 18.0 Å². The molecule has 3 aromatic heterocycles. The molecule has 5 aromatic rings. The molecule has 1 amide bonds. The molecular weight excluding hydrogens is 663 g/mol. The van der Waals surface area contributed by atoms with Gasteiger partial charge < -0.3 is 19.5 Å². The van der Waals surface area contributed by atoms with Gasteiger partial charge >= 0.3 is 16.3 Å². The monoisotopic (exact) mass is 694 g/mol. The highest BCUT2D eigenvalue weighted by atomic mass is 35.5. The summed E-state index contributed by atoms with van der Waals surface area (Å²) in [6.07, 6.45) is 3.60. The lowest BCUT2D eigenvalue weighted by atomic mass is 9.95. The molecule has 0 aliphatic carbocycles. The highest BCUT2D eigenvalue weighted by molar-refractivity contribution is 7.87. The third-order valence-corrected chi connectivity index (χ3v) is 11.2. The zero-order valence-electron chi connectivity index (χ0n) is 26.2. The van der Waals surface area contributed by atoms with Crippen molar-refractivity contribution < 1.29 is 22.3 Å². The molecule has 2 saturated heterocycles. The van der Waals surface area contributed by atoms with Gasteiger partial charge in [-0.05, 0) is 30.9 Å². The van der Waals surface area contributed by atoms with Gasteiger partial charge in [0.25, 0.3) is 5.56 Å². The van der Waals surface area contributed by atoms with E-state index in [4.69, 9.17) is 21.3 Å². The quantitative estimate of drug-likeness (QED) is 0.267. The Balaban J connectivity index is 1.23. The van der Waals surface area contributed by atoms with Crippen LogP contribution in [0.25, 0.3) is 33.2 Å². The molecule has 0 saturated carbocycles. The van der Waals surface area contributed by atoms with Crippen molar-refractivity contribution in [3.8, 4) is 11.1 Å². The van der Waals surface area contributed by atoms with Crippen LogP contribution in [0.5, 0.6) is 0 Å². The van der Waals surface area contributed by atoms with Gasteiger partial charge in [-0.15, -0.1) is 0 Å². The van der Waals surface area contributed by atoms with E-state index in [1.165, 1.54) is 37.4 Å². The van der Waals surface area contributed by atoms with Crippen molar-refractivity contribution in [1.29, 1.82) is 0 Å². The van der Waals surface area contributed by atoms with Gasteiger partial charge in [-0.3, -0.25) is 4.79 Å². The van der Waals surface area contributed by atoms with Gasteiger partial charge in [0.1, 0.15) is 24.1 Å². The summed E-state index contributed by atoms with van der Waals surface area (Å²) >= 11 is 6.80. The Hall–Kier alpha value is -4.60. The number of benzene rings is 2. The molecule has 5 heterocycles. The first-order valence-corrected chi connectivity index (χ1v) is 17.1. The number of alkyl halides is 1. The smallest absolute Gasteiger partial charge is 0.407 e. The van der Waals surface area contributed by atoms with Crippen molar-refractivity contribution >= 4 is 55.8 Å². The Kier molecular flexibility index (Phi) is 8.08. The van der Waals surface area contributed by atoms with Gasteiger partial charge in [-0.1, -0.05) is 48.0 Å². The fourth-order valence-electron chi connectivity index (χ4n) is 6.65. The fraction of sp³-hybridized carbons (Fsp3) is 0.344. The Bertz CT molecular complexity index is 2230. The molecule has 13 nitrogen and oxygen atoms in total. The van der Waals surface area contributed by atoms with E-state index >= 15 is 4.39 Å².